The number of rotatable bonds is 6. The van der Waals surface area contributed by atoms with Gasteiger partial charge in [0.25, 0.3) is 5.69 Å². The molecule has 1 saturated carbocycles. The number of nitro benzene ring substituents is 1. The van der Waals surface area contributed by atoms with Crippen molar-refractivity contribution in [1.29, 1.82) is 0 Å². The molecule has 1 aliphatic carbocycles. The highest BCUT2D eigenvalue weighted by molar-refractivity contribution is 6.32. The highest BCUT2D eigenvalue weighted by atomic mass is 35.5. The average Bonchev–Trinajstić information content (AvgIpc) is 3.14. The predicted octanol–water partition coefficient (Wildman–Crippen LogP) is 1.62. The molecule has 2 N–H and O–H groups in total. The lowest BCUT2D eigenvalue weighted by Crippen LogP contribution is -2.34. The summed E-state index contributed by atoms with van der Waals surface area (Å²) in [5.41, 5.74) is 0.596. The van der Waals surface area contributed by atoms with E-state index in [0.717, 1.165) is 18.4 Å². The molecule has 0 aromatic heterocycles. The number of hydrogen-bond acceptors (Lipinski definition) is 4. The molecular formula is C12H14ClN3O3. The lowest BCUT2D eigenvalue weighted by Gasteiger charge is -2.06. The van der Waals surface area contributed by atoms with Crippen LogP contribution in [-0.2, 0) is 11.3 Å². The SMILES string of the molecule is O=C(CNCc1ccc(Cl)c([N+](=O)[O-])c1)NC1CC1. The van der Waals surface area contributed by atoms with Gasteiger partial charge < -0.3 is 10.6 Å². The maximum absolute atomic E-state index is 11.4. The highest BCUT2D eigenvalue weighted by Crippen LogP contribution is 2.24. The molecule has 0 radical (unpaired) electrons. The summed E-state index contributed by atoms with van der Waals surface area (Å²) in [7, 11) is 0. The van der Waals surface area contributed by atoms with Crippen molar-refractivity contribution in [3.8, 4) is 0 Å². The standard InChI is InChI=1S/C12H14ClN3O3/c13-10-4-1-8(5-11(10)16(18)19)6-14-7-12(17)15-9-2-3-9/h1,4-5,9,14H,2-3,6-7H2,(H,15,17). The van der Waals surface area contributed by atoms with Crippen molar-refractivity contribution >= 4 is 23.2 Å². The van der Waals surface area contributed by atoms with E-state index in [2.05, 4.69) is 10.6 Å². The third-order valence-corrected chi connectivity index (χ3v) is 3.08. The van der Waals surface area contributed by atoms with Crippen molar-refractivity contribution in [1.82, 2.24) is 10.6 Å². The molecule has 19 heavy (non-hydrogen) atoms. The van der Waals surface area contributed by atoms with Crippen LogP contribution in [0.5, 0.6) is 0 Å². The molecule has 0 atom stereocenters. The molecule has 7 heteroatoms. The number of halogens is 1. The van der Waals surface area contributed by atoms with Crippen molar-refractivity contribution in [3.05, 3.63) is 38.9 Å². The summed E-state index contributed by atoms with van der Waals surface area (Å²) in [6.07, 6.45) is 2.10. The highest BCUT2D eigenvalue weighted by Gasteiger charge is 2.22. The molecule has 0 saturated heterocycles. The first-order valence-corrected chi connectivity index (χ1v) is 6.37. The quantitative estimate of drug-likeness (QED) is 0.614. The van der Waals surface area contributed by atoms with Gasteiger partial charge in [-0.25, -0.2) is 0 Å². The van der Waals surface area contributed by atoms with Crippen LogP contribution in [-0.4, -0.2) is 23.4 Å². The molecule has 1 fully saturated rings. The molecule has 0 unspecified atom stereocenters. The first-order valence-electron chi connectivity index (χ1n) is 5.99. The number of carbonyl (C=O) groups excluding carboxylic acids is 1. The summed E-state index contributed by atoms with van der Waals surface area (Å²) in [6.45, 7) is 0.586. The third-order valence-electron chi connectivity index (χ3n) is 2.76. The van der Waals surface area contributed by atoms with E-state index in [4.69, 9.17) is 11.6 Å². The van der Waals surface area contributed by atoms with Crippen molar-refractivity contribution < 1.29 is 9.72 Å². The Balaban J connectivity index is 1.83. The van der Waals surface area contributed by atoms with E-state index in [1.54, 1.807) is 6.07 Å². The fourth-order valence-corrected chi connectivity index (χ4v) is 1.82. The van der Waals surface area contributed by atoms with Crippen LogP contribution in [0, 0.1) is 10.1 Å². The first kappa shape index (κ1) is 13.8. The van der Waals surface area contributed by atoms with Crippen LogP contribution >= 0.6 is 11.6 Å². The van der Waals surface area contributed by atoms with E-state index >= 15 is 0 Å². The molecule has 1 aliphatic rings. The van der Waals surface area contributed by atoms with E-state index in [0.29, 0.717) is 12.6 Å². The third kappa shape index (κ3) is 4.18. The van der Waals surface area contributed by atoms with Crippen LogP contribution in [0.25, 0.3) is 0 Å². The van der Waals surface area contributed by atoms with Gasteiger partial charge in [0, 0.05) is 18.7 Å². The minimum Gasteiger partial charge on any atom is -0.352 e. The van der Waals surface area contributed by atoms with Gasteiger partial charge in [0.15, 0.2) is 0 Å². The zero-order valence-corrected chi connectivity index (χ0v) is 10.9. The van der Waals surface area contributed by atoms with Gasteiger partial charge in [0.2, 0.25) is 5.91 Å². The number of amides is 1. The maximum Gasteiger partial charge on any atom is 0.288 e. The molecule has 0 aliphatic heterocycles. The van der Waals surface area contributed by atoms with Crippen molar-refractivity contribution in [2.75, 3.05) is 6.54 Å². The summed E-state index contributed by atoms with van der Waals surface area (Å²) in [4.78, 5) is 21.6. The van der Waals surface area contributed by atoms with Crippen molar-refractivity contribution in [2.24, 2.45) is 0 Å². The molecule has 0 heterocycles. The minimum absolute atomic E-state index is 0.0500. The number of nitrogens with one attached hydrogen (secondary N) is 2. The normalized spacial score (nSPS) is 14.2. The van der Waals surface area contributed by atoms with Crippen LogP contribution in [0.2, 0.25) is 5.02 Å². The Morgan fingerprint density at radius 1 is 1.47 bits per heavy atom. The minimum atomic E-state index is -0.522. The molecule has 102 valence electrons. The summed E-state index contributed by atoms with van der Waals surface area (Å²) in [5, 5.41) is 16.6. The lowest BCUT2D eigenvalue weighted by atomic mass is 10.2. The Kier molecular flexibility index (Phi) is 4.34. The van der Waals surface area contributed by atoms with Crippen LogP contribution in [0.4, 0.5) is 5.69 Å². The molecule has 1 aromatic carbocycles. The van der Waals surface area contributed by atoms with Gasteiger partial charge in [-0.1, -0.05) is 17.7 Å². The van der Waals surface area contributed by atoms with Gasteiger partial charge >= 0.3 is 0 Å². The second kappa shape index (κ2) is 5.99. The first-order chi connectivity index (χ1) is 9.06. The van der Waals surface area contributed by atoms with Crippen LogP contribution < -0.4 is 10.6 Å². The van der Waals surface area contributed by atoms with E-state index < -0.39 is 4.92 Å². The molecule has 1 amide bonds. The van der Waals surface area contributed by atoms with Gasteiger partial charge in [-0.05, 0) is 24.5 Å². The van der Waals surface area contributed by atoms with E-state index in [-0.39, 0.29) is 23.2 Å². The van der Waals surface area contributed by atoms with E-state index in [1.165, 1.54) is 12.1 Å². The molecule has 2 rings (SSSR count). The van der Waals surface area contributed by atoms with Crippen LogP contribution in [0.1, 0.15) is 18.4 Å². The number of nitrogens with zero attached hydrogens (tertiary/aromatic N) is 1. The lowest BCUT2D eigenvalue weighted by molar-refractivity contribution is -0.384. The molecule has 0 spiro atoms. The van der Waals surface area contributed by atoms with Gasteiger partial charge in [0.1, 0.15) is 5.02 Å². The zero-order valence-electron chi connectivity index (χ0n) is 10.2. The number of hydrogen-bond donors (Lipinski definition) is 2. The fraction of sp³-hybridized carbons (Fsp3) is 0.417. The predicted molar refractivity (Wildman–Crippen MR) is 71.0 cm³/mol. The van der Waals surface area contributed by atoms with Gasteiger partial charge in [0.05, 0.1) is 11.5 Å². The Bertz CT molecular complexity index is 503. The van der Waals surface area contributed by atoms with Gasteiger partial charge in [-0.15, -0.1) is 0 Å². The van der Waals surface area contributed by atoms with Gasteiger partial charge in [-0.2, -0.15) is 0 Å². The topological polar surface area (TPSA) is 84.3 Å². The summed E-state index contributed by atoms with van der Waals surface area (Å²) in [6, 6.07) is 4.93. The summed E-state index contributed by atoms with van der Waals surface area (Å²) < 4.78 is 0. The smallest absolute Gasteiger partial charge is 0.288 e. The fourth-order valence-electron chi connectivity index (χ4n) is 1.63. The molecule has 6 nitrogen and oxygen atoms in total. The van der Waals surface area contributed by atoms with Crippen LogP contribution in [0.15, 0.2) is 18.2 Å². The Morgan fingerprint density at radius 2 is 2.21 bits per heavy atom. The average molecular weight is 284 g/mol. The molecular weight excluding hydrogens is 270 g/mol. The molecule has 0 bridgehead atoms. The summed E-state index contributed by atoms with van der Waals surface area (Å²) >= 11 is 5.71. The molecule has 1 aromatic rings. The second-order valence-electron chi connectivity index (χ2n) is 4.49. The number of carbonyl (C=O) groups is 1. The Morgan fingerprint density at radius 3 is 2.84 bits per heavy atom. The largest absolute Gasteiger partial charge is 0.352 e. The number of benzene rings is 1. The second-order valence-corrected chi connectivity index (χ2v) is 4.90. The van der Waals surface area contributed by atoms with Gasteiger partial charge in [-0.3, -0.25) is 14.9 Å². The number of nitro groups is 1. The Hall–Kier alpha value is -1.66. The van der Waals surface area contributed by atoms with Crippen molar-refractivity contribution in [3.63, 3.8) is 0 Å². The van der Waals surface area contributed by atoms with Crippen LogP contribution in [0.3, 0.4) is 0 Å². The monoisotopic (exact) mass is 283 g/mol. The zero-order chi connectivity index (χ0) is 13.8. The Labute approximate surface area is 115 Å². The van der Waals surface area contributed by atoms with E-state index in [1.807, 2.05) is 0 Å². The van der Waals surface area contributed by atoms with E-state index in [9.17, 15) is 14.9 Å². The maximum atomic E-state index is 11.4. The van der Waals surface area contributed by atoms with Crippen molar-refractivity contribution in [2.45, 2.75) is 25.4 Å². The summed E-state index contributed by atoms with van der Waals surface area (Å²) in [5.74, 6) is -0.0500.